The second-order valence-electron chi connectivity index (χ2n) is 3.71. The number of carbonyl (C=O) groups is 1. The number of ketones is 1. The molecule has 0 saturated carbocycles. The first-order valence-electron chi connectivity index (χ1n) is 5.04. The third-order valence-corrected chi connectivity index (χ3v) is 3.01. The zero-order valence-electron chi connectivity index (χ0n) is 9.18. The van der Waals surface area contributed by atoms with Gasteiger partial charge in [0.2, 0.25) is 0 Å². The van der Waals surface area contributed by atoms with Crippen LogP contribution in [0.25, 0.3) is 0 Å². The summed E-state index contributed by atoms with van der Waals surface area (Å²) in [5.41, 5.74) is -1.33. The fraction of sp³-hybridized carbons (Fsp3) is 0. The summed E-state index contributed by atoms with van der Waals surface area (Å²) >= 11 is 2.81. The summed E-state index contributed by atoms with van der Waals surface area (Å²) in [5, 5.41) is 0. The highest BCUT2D eigenvalue weighted by atomic mass is 79.9. The van der Waals surface area contributed by atoms with Crippen LogP contribution in [0, 0.1) is 23.3 Å². The summed E-state index contributed by atoms with van der Waals surface area (Å²) in [6, 6.07) is 3.96. The van der Waals surface area contributed by atoms with Crippen LogP contribution in [0.15, 0.2) is 34.8 Å². The number of benzene rings is 2. The number of halogens is 5. The third kappa shape index (κ3) is 2.68. The van der Waals surface area contributed by atoms with Crippen molar-refractivity contribution in [1.29, 1.82) is 0 Å². The summed E-state index contributed by atoms with van der Waals surface area (Å²) in [6.07, 6.45) is 0. The zero-order valence-corrected chi connectivity index (χ0v) is 10.8. The van der Waals surface area contributed by atoms with E-state index in [-0.39, 0.29) is 4.47 Å². The van der Waals surface area contributed by atoms with Gasteiger partial charge in [-0.1, -0.05) is 0 Å². The van der Waals surface area contributed by atoms with E-state index in [1.807, 2.05) is 0 Å². The van der Waals surface area contributed by atoms with E-state index in [4.69, 9.17) is 0 Å². The Balaban J connectivity index is 2.59. The standard InChI is InChI=1S/C13H5BrF4O/c14-9-1-2-10(17)11(12(9)18)13(19)6-3-7(15)5-8(16)4-6/h1-5H. The van der Waals surface area contributed by atoms with E-state index in [0.29, 0.717) is 18.2 Å². The van der Waals surface area contributed by atoms with Crippen molar-refractivity contribution in [3.8, 4) is 0 Å². The molecule has 0 unspecified atom stereocenters. The van der Waals surface area contributed by atoms with E-state index in [1.165, 1.54) is 0 Å². The predicted octanol–water partition coefficient (Wildman–Crippen LogP) is 4.24. The molecule has 0 N–H and O–H groups in total. The lowest BCUT2D eigenvalue weighted by Gasteiger charge is -2.06. The lowest BCUT2D eigenvalue weighted by Crippen LogP contribution is -2.09. The number of carbonyl (C=O) groups excluding carboxylic acids is 1. The van der Waals surface area contributed by atoms with Crippen LogP contribution in [0.2, 0.25) is 0 Å². The van der Waals surface area contributed by atoms with Gasteiger partial charge in [-0.15, -0.1) is 0 Å². The highest BCUT2D eigenvalue weighted by Gasteiger charge is 2.22. The lowest BCUT2D eigenvalue weighted by molar-refractivity contribution is 0.103. The Labute approximate surface area is 114 Å². The monoisotopic (exact) mass is 332 g/mol. The second-order valence-corrected chi connectivity index (χ2v) is 4.56. The molecule has 0 saturated heterocycles. The van der Waals surface area contributed by atoms with Gasteiger partial charge in [0.25, 0.3) is 0 Å². The maximum Gasteiger partial charge on any atom is 0.199 e. The minimum atomic E-state index is -1.13. The van der Waals surface area contributed by atoms with E-state index in [0.717, 1.165) is 12.1 Å². The molecule has 98 valence electrons. The average molecular weight is 333 g/mol. The maximum absolute atomic E-state index is 13.7. The van der Waals surface area contributed by atoms with Gasteiger partial charge in [-0.3, -0.25) is 4.79 Å². The first-order valence-corrected chi connectivity index (χ1v) is 5.83. The van der Waals surface area contributed by atoms with Gasteiger partial charge in [-0.05, 0) is 40.2 Å². The van der Waals surface area contributed by atoms with Crippen molar-refractivity contribution in [2.75, 3.05) is 0 Å². The molecule has 0 fully saturated rings. The van der Waals surface area contributed by atoms with Crippen LogP contribution in [0.4, 0.5) is 17.6 Å². The SMILES string of the molecule is O=C(c1cc(F)cc(F)c1)c1c(F)ccc(Br)c1F. The molecule has 1 nitrogen and oxygen atoms in total. The Hall–Kier alpha value is -1.69. The van der Waals surface area contributed by atoms with Crippen LogP contribution in [-0.2, 0) is 0 Å². The fourth-order valence-corrected chi connectivity index (χ4v) is 1.89. The molecule has 0 heterocycles. The molecule has 0 amide bonds. The van der Waals surface area contributed by atoms with E-state index in [2.05, 4.69) is 15.9 Å². The van der Waals surface area contributed by atoms with E-state index < -0.39 is 40.2 Å². The van der Waals surface area contributed by atoms with Gasteiger partial charge in [-0.2, -0.15) is 0 Å². The third-order valence-electron chi connectivity index (χ3n) is 2.40. The van der Waals surface area contributed by atoms with Crippen LogP contribution >= 0.6 is 15.9 Å². The van der Waals surface area contributed by atoms with Crippen molar-refractivity contribution in [2.45, 2.75) is 0 Å². The van der Waals surface area contributed by atoms with Crippen molar-refractivity contribution in [1.82, 2.24) is 0 Å². The number of hydrogen-bond acceptors (Lipinski definition) is 1. The highest BCUT2D eigenvalue weighted by molar-refractivity contribution is 9.10. The molecule has 0 aliphatic carbocycles. The van der Waals surface area contributed by atoms with Crippen molar-refractivity contribution in [2.24, 2.45) is 0 Å². The summed E-state index contributed by atoms with van der Waals surface area (Å²) < 4.78 is 53.1. The molecule has 0 aromatic heterocycles. The van der Waals surface area contributed by atoms with Crippen molar-refractivity contribution in [3.63, 3.8) is 0 Å². The molecular formula is C13H5BrF4O. The largest absolute Gasteiger partial charge is 0.288 e. The Bertz CT molecular complexity index is 650. The molecule has 0 radical (unpaired) electrons. The van der Waals surface area contributed by atoms with Crippen molar-refractivity contribution < 1.29 is 22.4 Å². The minimum Gasteiger partial charge on any atom is -0.288 e. The molecule has 2 aromatic carbocycles. The summed E-state index contributed by atoms with van der Waals surface area (Å²) in [6.45, 7) is 0. The molecular weight excluding hydrogens is 328 g/mol. The topological polar surface area (TPSA) is 17.1 Å². The zero-order chi connectivity index (χ0) is 14.2. The minimum absolute atomic E-state index is 0.117. The smallest absolute Gasteiger partial charge is 0.199 e. The second kappa shape index (κ2) is 5.13. The summed E-state index contributed by atoms with van der Waals surface area (Å²) in [5.74, 6) is -5.35. The van der Waals surface area contributed by atoms with Crippen LogP contribution in [0.3, 0.4) is 0 Å². The Morgan fingerprint density at radius 3 is 2.11 bits per heavy atom. The summed E-state index contributed by atoms with van der Waals surface area (Å²) in [4.78, 5) is 11.9. The number of hydrogen-bond donors (Lipinski definition) is 0. The van der Waals surface area contributed by atoms with Gasteiger partial charge in [0.15, 0.2) is 11.6 Å². The quantitative estimate of drug-likeness (QED) is 0.457. The first-order chi connectivity index (χ1) is 8.90. The molecule has 0 aliphatic rings. The molecule has 0 bridgehead atoms. The Morgan fingerprint density at radius 1 is 0.947 bits per heavy atom. The van der Waals surface area contributed by atoms with Crippen LogP contribution in [0.1, 0.15) is 15.9 Å². The van der Waals surface area contributed by atoms with Crippen LogP contribution in [-0.4, -0.2) is 5.78 Å². The van der Waals surface area contributed by atoms with Gasteiger partial charge in [0.1, 0.15) is 17.5 Å². The number of rotatable bonds is 2. The molecule has 0 aliphatic heterocycles. The maximum atomic E-state index is 13.7. The molecule has 2 rings (SSSR count). The van der Waals surface area contributed by atoms with Gasteiger partial charge in [0.05, 0.1) is 10.0 Å². The van der Waals surface area contributed by atoms with Crippen LogP contribution < -0.4 is 0 Å². The molecule has 0 spiro atoms. The molecule has 2 aromatic rings. The van der Waals surface area contributed by atoms with E-state index in [9.17, 15) is 22.4 Å². The average Bonchev–Trinajstić information content (AvgIpc) is 2.33. The fourth-order valence-electron chi connectivity index (χ4n) is 1.56. The molecule has 6 heteroatoms. The van der Waals surface area contributed by atoms with Crippen molar-refractivity contribution in [3.05, 3.63) is 69.2 Å². The van der Waals surface area contributed by atoms with E-state index >= 15 is 0 Å². The predicted molar refractivity (Wildman–Crippen MR) is 63.8 cm³/mol. The van der Waals surface area contributed by atoms with Crippen LogP contribution in [0.5, 0.6) is 0 Å². The van der Waals surface area contributed by atoms with Crippen molar-refractivity contribution >= 4 is 21.7 Å². The van der Waals surface area contributed by atoms with Gasteiger partial charge in [0, 0.05) is 11.6 Å². The normalized spacial score (nSPS) is 10.6. The molecule has 19 heavy (non-hydrogen) atoms. The Morgan fingerprint density at radius 2 is 1.53 bits per heavy atom. The summed E-state index contributed by atoms with van der Waals surface area (Å²) in [7, 11) is 0. The molecule has 0 atom stereocenters. The van der Waals surface area contributed by atoms with Gasteiger partial charge < -0.3 is 0 Å². The van der Waals surface area contributed by atoms with Gasteiger partial charge in [-0.25, -0.2) is 17.6 Å². The Kier molecular flexibility index (Phi) is 3.71. The van der Waals surface area contributed by atoms with Gasteiger partial charge >= 0.3 is 0 Å². The van der Waals surface area contributed by atoms with E-state index in [1.54, 1.807) is 0 Å². The lowest BCUT2D eigenvalue weighted by atomic mass is 10.0. The first kappa shape index (κ1) is 13.7. The highest BCUT2D eigenvalue weighted by Crippen LogP contribution is 2.24.